The second-order valence-corrected chi connectivity index (χ2v) is 3.35. The van der Waals surface area contributed by atoms with E-state index < -0.39 is 5.60 Å². The summed E-state index contributed by atoms with van der Waals surface area (Å²) in [5.41, 5.74) is -0.683. The van der Waals surface area contributed by atoms with Gasteiger partial charge in [-0.2, -0.15) is 0 Å². The average Bonchev–Trinajstić information content (AvgIpc) is 2.64. The van der Waals surface area contributed by atoms with Crippen molar-refractivity contribution in [1.29, 1.82) is 0 Å². The number of rotatable bonds is 0. The van der Waals surface area contributed by atoms with Gasteiger partial charge in [-0.15, -0.1) is 0 Å². The van der Waals surface area contributed by atoms with E-state index in [0.29, 0.717) is 5.57 Å². The van der Waals surface area contributed by atoms with E-state index in [2.05, 4.69) is 0 Å². The van der Waals surface area contributed by atoms with Gasteiger partial charge in [0.25, 0.3) is 0 Å². The summed E-state index contributed by atoms with van der Waals surface area (Å²) in [6.07, 6.45) is 1.45. The highest BCUT2D eigenvalue weighted by Crippen LogP contribution is 2.39. The van der Waals surface area contributed by atoms with Crippen molar-refractivity contribution < 1.29 is 14.6 Å². The van der Waals surface area contributed by atoms with Gasteiger partial charge in [-0.25, -0.2) is 0 Å². The maximum atomic E-state index is 11.3. The Morgan fingerprint density at radius 1 is 1.73 bits per heavy atom. The second-order valence-electron chi connectivity index (χ2n) is 3.35. The van der Waals surface area contributed by atoms with Crippen LogP contribution in [0.3, 0.4) is 0 Å². The monoisotopic (exact) mass is 154 g/mol. The Bertz CT molecular complexity index is 252. The van der Waals surface area contributed by atoms with E-state index in [-0.39, 0.29) is 18.0 Å². The van der Waals surface area contributed by atoms with E-state index >= 15 is 0 Å². The molecule has 0 bridgehead atoms. The van der Waals surface area contributed by atoms with Crippen LogP contribution in [0.15, 0.2) is 11.6 Å². The largest absolute Gasteiger partial charge is 0.379 e. The summed E-state index contributed by atoms with van der Waals surface area (Å²) in [6.45, 7) is 3.21. The van der Waals surface area contributed by atoms with Crippen LogP contribution in [0.25, 0.3) is 0 Å². The summed E-state index contributed by atoms with van der Waals surface area (Å²) in [5.74, 6) is -0.212. The van der Waals surface area contributed by atoms with Crippen LogP contribution in [-0.2, 0) is 9.53 Å². The van der Waals surface area contributed by atoms with Gasteiger partial charge in [0.15, 0.2) is 11.4 Å². The predicted molar refractivity (Wildman–Crippen MR) is 38.0 cm³/mol. The van der Waals surface area contributed by atoms with Gasteiger partial charge in [0, 0.05) is 0 Å². The number of hydrogen-bond acceptors (Lipinski definition) is 3. The molecule has 0 unspecified atom stereocenters. The van der Waals surface area contributed by atoms with Crippen LogP contribution in [0, 0.1) is 0 Å². The molecule has 1 aliphatic carbocycles. The molecule has 1 N–H and O–H groups in total. The third-order valence-corrected chi connectivity index (χ3v) is 2.31. The minimum absolute atomic E-state index is 0.0253. The SMILES string of the molecule is CC1=C[C@@H]2O[C@@H]2[C@](C)(O)C1=O. The van der Waals surface area contributed by atoms with Crippen LogP contribution in [0.4, 0.5) is 0 Å². The first-order valence-electron chi connectivity index (χ1n) is 3.64. The van der Waals surface area contributed by atoms with Gasteiger partial charge in [0.05, 0.1) is 0 Å². The van der Waals surface area contributed by atoms with Gasteiger partial charge in [0.1, 0.15) is 12.2 Å². The number of ketones is 1. The number of ether oxygens (including phenoxy) is 1. The molecule has 0 radical (unpaired) electrons. The Kier molecular flexibility index (Phi) is 1.10. The summed E-state index contributed by atoms with van der Waals surface area (Å²) in [7, 11) is 0. The molecule has 1 fully saturated rings. The van der Waals surface area contributed by atoms with Crippen molar-refractivity contribution in [3.8, 4) is 0 Å². The molecular formula is C8H10O3. The lowest BCUT2D eigenvalue weighted by Crippen LogP contribution is -2.44. The third-order valence-electron chi connectivity index (χ3n) is 2.31. The Hall–Kier alpha value is -0.670. The minimum atomic E-state index is -1.29. The standard InChI is InChI=1S/C8H10O3/c1-4-3-5-7(11-5)8(2,10)6(4)9/h3,5,7,10H,1-2H3/t5-,7-,8+/m0/s1. The van der Waals surface area contributed by atoms with Crippen molar-refractivity contribution in [1.82, 2.24) is 0 Å². The molecule has 0 aromatic heterocycles. The van der Waals surface area contributed by atoms with Gasteiger partial charge in [-0.05, 0) is 25.5 Å². The Morgan fingerprint density at radius 2 is 2.36 bits per heavy atom. The summed E-state index contributed by atoms with van der Waals surface area (Å²) in [5, 5.41) is 9.61. The van der Waals surface area contributed by atoms with E-state index in [1.54, 1.807) is 13.0 Å². The van der Waals surface area contributed by atoms with Gasteiger partial charge in [0.2, 0.25) is 0 Å². The molecule has 2 aliphatic rings. The van der Waals surface area contributed by atoms with E-state index in [0.717, 1.165) is 0 Å². The van der Waals surface area contributed by atoms with Crippen LogP contribution < -0.4 is 0 Å². The number of carbonyl (C=O) groups excluding carboxylic acids is 1. The molecule has 3 nitrogen and oxygen atoms in total. The molecule has 60 valence electrons. The maximum absolute atomic E-state index is 11.3. The number of aliphatic hydroxyl groups is 1. The lowest BCUT2D eigenvalue weighted by atomic mass is 9.85. The molecule has 0 aromatic rings. The molecule has 1 saturated heterocycles. The molecular weight excluding hydrogens is 144 g/mol. The number of Topliss-reactive ketones (excluding diaryl/α,β-unsaturated/α-hetero) is 1. The fourth-order valence-electron chi connectivity index (χ4n) is 1.55. The molecule has 3 heteroatoms. The number of hydrogen-bond donors (Lipinski definition) is 1. The highest BCUT2D eigenvalue weighted by atomic mass is 16.6. The Labute approximate surface area is 64.7 Å². The van der Waals surface area contributed by atoms with Crippen molar-refractivity contribution >= 4 is 5.78 Å². The van der Waals surface area contributed by atoms with Crippen LogP contribution in [-0.4, -0.2) is 28.7 Å². The van der Waals surface area contributed by atoms with Gasteiger partial charge in [-0.3, -0.25) is 4.79 Å². The topological polar surface area (TPSA) is 49.8 Å². The lowest BCUT2D eigenvalue weighted by molar-refractivity contribution is -0.133. The fourth-order valence-corrected chi connectivity index (χ4v) is 1.55. The van der Waals surface area contributed by atoms with Crippen molar-refractivity contribution in [3.63, 3.8) is 0 Å². The van der Waals surface area contributed by atoms with Gasteiger partial charge >= 0.3 is 0 Å². The summed E-state index contributed by atoms with van der Waals surface area (Å²) < 4.78 is 5.09. The molecule has 11 heavy (non-hydrogen) atoms. The summed E-state index contributed by atoms with van der Waals surface area (Å²) in [4.78, 5) is 11.3. The minimum Gasteiger partial charge on any atom is -0.379 e. The van der Waals surface area contributed by atoms with E-state index in [4.69, 9.17) is 4.74 Å². The summed E-state index contributed by atoms with van der Waals surface area (Å²) >= 11 is 0. The van der Waals surface area contributed by atoms with Crippen molar-refractivity contribution in [2.75, 3.05) is 0 Å². The first-order chi connectivity index (χ1) is 5.03. The molecule has 3 atom stereocenters. The zero-order valence-corrected chi connectivity index (χ0v) is 6.50. The van der Waals surface area contributed by atoms with Crippen LogP contribution >= 0.6 is 0 Å². The van der Waals surface area contributed by atoms with Gasteiger partial charge < -0.3 is 9.84 Å². The van der Waals surface area contributed by atoms with Crippen LogP contribution in [0.5, 0.6) is 0 Å². The second kappa shape index (κ2) is 1.73. The molecule has 1 heterocycles. The normalized spacial score (nSPS) is 48.3. The first kappa shape index (κ1) is 7.00. The molecule has 0 saturated carbocycles. The van der Waals surface area contributed by atoms with Gasteiger partial charge in [-0.1, -0.05) is 0 Å². The maximum Gasteiger partial charge on any atom is 0.192 e. The highest BCUT2D eigenvalue weighted by Gasteiger charge is 2.57. The van der Waals surface area contributed by atoms with E-state index in [1.165, 1.54) is 6.92 Å². The third kappa shape index (κ3) is 0.781. The molecule has 0 amide bonds. The predicted octanol–water partition coefficient (Wildman–Crippen LogP) is 0.0338. The zero-order chi connectivity index (χ0) is 8.22. The lowest BCUT2D eigenvalue weighted by Gasteiger charge is -2.22. The smallest absolute Gasteiger partial charge is 0.192 e. The summed E-state index contributed by atoms with van der Waals surface area (Å²) in [6, 6.07) is 0. The van der Waals surface area contributed by atoms with E-state index in [9.17, 15) is 9.90 Å². The van der Waals surface area contributed by atoms with E-state index in [1.807, 2.05) is 0 Å². The number of carbonyl (C=O) groups is 1. The zero-order valence-electron chi connectivity index (χ0n) is 6.50. The van der Waals surface area contributed by atoms with Crippen LogP contribution in [0.1, 0.15) is 13.8 Å². The Balaban J connectivity index is 2.40. The van der Waals surface area contributed by atoms with Crippen molar-refractivity contribution in [3.05, 3.63) is 11.6 Å². The van der Waals surface area contributed by atoms with Crippen molar-refractivity contribution in [2.45, 2.75) is 31.7 Å². The fraction of sp³-hybridized carbons (Fsp3) is 0.625. The molecule has 0 aromatic carbocycles. The van der Waals surface area contributed by atoms with Crippen LogP contribution in [0.2, 0.25) is 0 Å². The first-order valence-corrected chi connectivity index (χ1v) is 3.64. The molecule has 2 rings (SSSR count). The van der Waals surface area contributed by atoms with Crippen molar-refractivity contribution in [2.24, 2.45) is 0 Å². The number of epoxide rings is 1. The Morgan fingerprint density at radius 3 is 3.00 bits per heavy atom. The molecule has 0 spiro atoms. The average molecular weight is 154 g/mol. The molecule has 1 aliphatic heterocycles. The highest BCUT2D eigenvalue weighted by molar-refractivity contribution is 6.03. The quantitative estimate of drug-likeness (QED) is 0.501. The number of fused-ring (bicyclic) bond motifs is 1.